The van der Waals surface area contributed by atoms with Gasteiger partial charge in [-0.1, -0.05) is 42.5 Å². The highest BCUT2D eigenvalue weighted by Crippen LogP contribution is 2.49. The number of nitrogens with zero attached hydrogens (tertiary/aromatic N) is 2. The van der Waals surface area contributed by atoms with E-state index >= 15 is 0 Å². The Hall–Kier alpha value is -3.46. The second-order valence-corrected chi connectivity index (χ2v) is 11.5. The maximum atomic E-state index is 13.9. The third-order valence-corrected chi connectivity index (χ3v) is 7.39. The number of nitrogens with one attached hydrogen (secondary N) is 1. The van der Waals surface area contributed by atoms with Crippen molar-refractivity contribution < 1.29 is 28.2 Å². The van der Waals surface area contributed by atoms with Gasteiger partial charge in [-0.05, 0) is 56.9 Å². The second-order valence-electron chi connectivity index (χ2n) is 11.5. The minimum atomic E-state index is -1.01. The number of halogens is 1. The molecule has 1 spiro atoms. The highest BCUT2D eigenvalue weighted by Gasteiger charge is 2.55. The third-order valence-electron chi connectivity index (χ3n) is 7.39. The number of carbonyl (C=O) groups is 3. The van der Waals surface area contributed by atoms with Gasteiger partial charge in [-0.25, -0.2) is 9.18 Å². The molecule has 2 aromatic carbocycles. The lowest BCUT2D eigenvalue weighted by atomic mass is 9.69. The van der Waals surface area contributed by atoms with Crippen LogP contribution in [-0.4, -0.2) is 72.6 Å². The number of alkyl carbamates (subject to hydrolysis) is 1. The second kappa shape index (κ2) is 11.7. The summed E-state index contributed by atoms with van der Waals surface area (Å²) in [4.78, 5) is 43.5. The number of likely N-dealkylation sites (N-methyl/N-ethyl adjacent to an activating group) is 1. The van der Waals surface area contributed by atoms with Crippen LogP contribution in [0.1, 0.15) is 50.7 Å². The van der Waals surface area contributed by atoms with Crippen molar-refractivity contribution in [2.24, 2.45) is 5.41 Å². The highest BCUT2D eigenvalue weighted by atomic mass is 19.1. The molecule has 1 N–H and O–H groups in total. The van der Waals surface area contributed by atoms with E-state index in [1.165, 1.54) is 12.1 Å². The van der Waals surface area contributed by atoms with Gasteiger partial charge in [0.1, 0.15) is 17.5 Å². The Balaban J connectivity index is 1.52. The van der Waals surface area contributed by atoms with Crippen LogP contribution in [0.3, 0.4) is 0 Å². The number of hydrogen-bond donors (Lipinski definition) is 1. The van der Waals surface area contributed by atoms with E-state index in [1.54, 1.807) is 42.7 Å². The zero-order valence-electron chi connectivity index (χ0n) is 23.1. The number of carbonyl (C=O) groups excluding carboxylic acids is 3. The molecule has 2 saturated heterocycles. The van der Waals surface area contributed by atoms with Gasteiger partial charge in [0.25, 0.3) is 0 Å². The van der Waals surface area contributed by atoms with Crippen molar-refractivity contribution in [3.05, 3.63) is 71.5 Å². The molecule has 3 amide bonds. The van der Waals surface area contributed by atoms with Crippen LogP contribution in [-0.2, 0) is 25.7 Å². The SMILES string of the molecule is CN1CC(c2ccccc2)[C@@]2(CCCN(C(=O)C(COCc3ccc(F)cc3)NC(=O)OC(C)(C)C)C2)C1=O. The minimum absolute atomic E-state index is 0.0399. The first-order chi connectivity index (χ1) is 18.5. The summed E-state index contributed by atoms with van der Waals surface area (Å²) in [5, 5.41) is 2.68. The van der Waals surface area contributed by atoms with Crippen molar-refractivity contribution in [3.8, 4) is 0 Å². The number of benzene rings is 2. The summed E-state index contributed by atoms with van der Waals surface area (Å²) >= 11 is 0. The molecule has 9 heteroatoms. The first kappa shape index (κ1) is 28.5. The van der Waals surface area contributed by atoms with E-state index in [9.17, 15) is 18.8 Å². The molecule has 2 fully saturated rings. The number of rotatable bonds is 7. The summed E-state index contributed by atoms with van der Waals surface area (Å²) in [6.07, 6.45) is 0.631. The molecule has 2 aliphatic rings. The maximum Gasteiger partial charge on any atom is 0.408 e. The van der Waals surface area contributed by atoms with Crippen molar-refractivity contribution in [1.82, 2.24) is 15.1 Å². The Kier molecular flexibility index (Phi) is 8.59. The Morgan fingerprint density at radius 3 is 2.49 bits per heavy atom. The summed E-state index contributed by atoms with van der Waals surface area (Å²) in [7, 11) is 1.81. The average molecular weight is 540 g/mol. The molecule has 8 nitrogen and oxygen atoms in total. The van der Waals surface area contributed by atoms with Crippen LogP contribution in [0.25, 0.3) is 0 Å². The predicted octanol–water partition coefficient (Wildman–Crippen LogP) is 4.10. The Morgan fingerprint density at radius 2 is 1.82 bits per heavy atom. The molecule has 39 heavy (non-hydrogen) atoms. The predicted molar refractivity (Wildman–Crippen MR) is 144 cm³/mol. The van der Waals surface area contributed by atoms with Crippen LogP contribution >= 0.6 is 0 Å². The Morgan fingerprint density at radius 1 is 1.13 bits per heavy atom. The topological polar surface area (TPSA) is 88.2 Å². The van der Waals surface area contributed by atoms with E-state index in [1.807, 2.05) is 37.4 Å². The third kappa shape index (κ3) is 6.76. The van der Waals surface area contributed by atoms with Gasteiger partial charge in [0.15, 0.2) is 0 Å². The maximum absolute atomic E-state index is 13.9. The fraction of sp³-hybridized carbons (Fsp3) is 0.500. The molecule has 2 heterocycles. The average Bonchev–Trinajstić information content (AvgIpc) is 3.13. The van der Waals surface area contributed by atoms with Gasteiger partial charge in [0.05, 0.1) is 18.6 Å². The first-order valence-corrected chi connectivity index (χ1v) is 13.4. The molecular weight excluding hydrogens is 501 g/mol. The lowest BCUT2D eigenvalue weighted by molar-refractivity contribution is -0.145. The normalized spacial score (nSPS) is 22.2. The van der Waals surface area contributed by atoms with Gasteiger partial charge in [-0.2, -0.15) is 0 Å². The van der Waals surface area contributed by atoms with Crippen molar-refractivity contribution >= 4 is 17.9 Å². The molecule has 210 valence electrons. The van der Waals surface area contributed by atoms with E-state index in [0.29, 0.717) is 25.9 Å². The van der Waals surface area contributed by atoms with Crippen LogP contribution in [0.2, 0.25) is 0 Å². The van der Waals surface area contributed by atoms with Crippen LogP contribution in [0.4, 0.5) is 9.18 Å². The van der Waals surface area contributed by atoms with Gasteiger partial charge < -0.3 is 24.6 Å². The minimum Gasteiger partial charge on any atom is -0.444 e. The zero-order valence-corrected chi connectivity index (χ0v) is 23.1. The molecular formula is C30H38FN3O5. The van der Waals surface area contributed by atoms with E-state index in [-0.39, 0.29) is 43.3 Å². The molecule has 2 aromatic rings. The van der Waals surface area contributed by atoms with Crippen LogP contribution in [0, 0.1) is 11.2 Å². The standard InChI is InChI=1S/C30H38FN3O5/c1-29(2,3)39-28(37)32-25(19-38-18-21-11-13-23(31)14-12-21)26(35)34-16-8-15-30(20-34)24(17-33(4)27(30)36)22-9-6-5-7-10-22/h5-7,9-14,24-25H,8,15-20H2,1-4H3,(H,32,37)/t24?,25?,30-/m0/s1. The monoisotopic (exact) mass is 539 g/mol. The summed E-state index contributed by atoms with van der Waals surface area (Å²) in [5.74, 6) is -0.677. The lowest BCUT2D eigenvalue weighted by Gasteiger charge is -2.43. The molecule has 0 bridgehead atoms. The fourth-order valence-electron chi connectivity index (χ4n) is 5.62. The van der Waals surface area contributed by atoms with E-state index in [0.717, 1.165) is 11.1 Å². The van der Waals surface area contributed by atoms with E-state index in [4.69, 9.17) is 9.47 Å². The summed E-state index contributed by atoms with van der Waals surface area (Å²) in [6, 6.07) is 14.8. The molecule has 0 saturated carbocycles. The summed E-state index contributed by atoms with van der Waals surface area (Å²) in [6.45, 7) is 6.60. The summed E-state index contributed by atoms with van der Waals surface area (Å²) in [5.41, 5.74) is 0.346. The van der Waals surface area contributed by atoms with Crippen molar-refractivity contribution in [3.63, 3.8) is 0 Å². The molecule has 2 unspecified atom stereocenters. The number of hydrogen-bond acceptors (Lipinski definition) is 5. The lowest BCUT2D eigenvalue weighted by Crippen LogP contribution is -2.57. The molecule has 0 aliphatic carbocycles. The van der Waals surface area contributed by atoms with Gasteiger partial charge in [0, 0.05) is 32.6 Å². The molecule has 0 aromatic heterocycles. The Bertz CT molecular complexity index is 1170. The number of ether oxygens (including phenoxy) is 2. The van der Waals surface area contributed by atoms with Crippen LogP contribution in [0.5, 0.6) is 0 Å². The number of likely N-dealkylation sites (tertiary alicyclic amines) is 2. The zero-order chi connectivity index (χ0) is 28.2. The van der Waals surface area contributed by atoms with E-state index < -0.39 is 23.2 Å². The van der Waals surface area contributed by atoms with Crippen molar-refractivity contribution in [2.75, 3.05) is 33.3 Å². The first-order valence-electron chi connectivity index (χ1n) is 13.4. The quantitative estimate of drug-likeness (QED) is 0.573. The van der Waals surface area contributed by atoms with Crippen molar-refractivity contribution in [2.45, 2.75) is 57.8 Å². The van der Waals surface area contributed by atoms with Gasteiger partial charge >= 0.3 is 6.09 Å². The van der Waals surface area contributed by atoms with Gasteiger partial charge in [0.2, 0.25) is 11.8 Å². The van der Waals surface area contributed by atoms with Crippen molar-refractivity contribution in [1.29, 1.82) is 0 Å². The molecule has 2 aliphatic heterocycles. The van der Waals surface area contributed by atoms with Crippen LogP contribution < -0.4 is 5.32 Å². The largest absolute Gasteiger partial charge is 0.444 e. The molecule has 3 atom stereocenters. The summed E-state index contributed by atoms with van der Waals surface area (Å²) < 4.78 is 24.5. The molecule has 4 rings (SSSR count). The highest BCUT2D eigenvalue weighted by molar-refractivity contribution is 5.90. The van der Waals surface area contributed by atoms with E-state index in [2.05, 4.69) is 5.32 Å². The smallest absolute Gasteiger partial charge is 0.408 e. The van der Waals surface area contributed by atoms with Gasteiger partial charge in [-0.3, -0.25) is 9.59 Å². The Labute approximate surface area is 229 Å². The van der Waals surface area contributed by atoms with Gasteiger partial charge in [-0.15, -0.1) is 0 Å². The number of amides is 3. The molecule has 0 radical (unpaired) electrons. The number of piperidine rings is 1. The fourth-order valence-corrected chi connectivity index (χ4v) is 5.62. The van der Waals surface area contributed by atoms with Crippen LogP contribution in [0.15, 0.2) is 54.6 Å².